The van der Waals surface area contributed by atoms with Crippen LogP contribution < -0.4 is 37.3 Å². The summed E-state index contributed by atoms with van der Waals surface area (Å²) in [7, 11) is -9.89. The van der Waals surface area contributed by atoms with E-state index in [2.05, 4.69) is 30.4 Å². The molecular formula is C24H22Cl2FeN10O8. The molecular weight excluding hydrogens is 683 g/mol. The van der Waals surface area contributed by atoms with E-state index in [9.17, 15) is 0 Å². The van der Waals surface area contributed by atoms with Crippen LogP contribution in [0.3, 0.4) is 0 Å². The van der Waals surface area contributed by atoms with E-state index in [0.29, 0.717) is 0 Å². The van der Waals surface area contributed by atoms with Crippen LogP contribution in [0, 0.1) is 34.3 Å². The molecule has 0 radical (unpaired) electrons. The van der Waals surface area contributed by atoms with Crippen LogP contribution in [0.15, 0.2) is 98.1 Å². The van der Waals surface area contributed by atoms with Crippen molar-refractivity contribution >= 4 is 0 Å². The summed E-state index contributed by atoms with van der Waals surface area (Å²) in [5.74, 6) is 3.17. The molecule has 6 rings (SSSR count). The Morgan fingerprint density at radius 3 is 0.800 bits per heavy atom. The van der Waals surface area contributed by atoms with E-state index >= 15 is 0 Å². The number of hydrogen-bond acceptors (Lipinski definition) is 14. The monoisotopic (exact) mass is 704 g/mol. The van der Waals surface area contributed by atoms with Crippen LogP contribution in [0.2, 0.25) is 0 Å². The van der Waals surface area contributed by atoms with Crippen molar-refractivity contribution in [3.63, 3.8) is 0 Å². The summed E-state index contributed by atoms with van der Waals surface area (Å²) >= 11 is 0. The summed E-state index contributed by atoms with van der Waals surface area (Å²) in [6.07, 6.45) is 14.4. The minimum absolute atomic E-state index is 0. The predicted molar refractivity (Wildman–Crippen MR) is 126 cm³/mol. The molecule has 0 spiro atoms. The number of pyridine rings is 2. The SMILES string of the molecule is Cc1cc(-n2cccn2)nc(-n2cccn2)c1.Cc1cc(-n2cccn2)nc(-n2cccn2)c1.[Fe+2].[O-][Cl+3]([O-])([O-])[O-].[O-][Cl+3]([O-])([O-])[O-]. The van der Waals surface area contributed by atoms with Crippen molar-refractivity contribution in [1.29, 1.82) is 0 Å². The summed E-state index contributed by atoms with van der Waals surface area (Å²) < 4.78 is 74.9. The molecule has 18 nitrogen and oxygen atoms in total. The summed E-state index contributed by atoms with van der Waals surface area (Å²) in [4.78, 5) is 9.04. The van der Waals surface area contributed by atoms with Gasteiger partial charge in [0.05, 0.1) is 0 Å². The van der Waals surface area contributed by atoms with Gasteiger partial charge in [0.15, 0.2) is 23.3 Å². The van der Waals surface area contributed by atoms with Gasteiger partial charge in [-0.1, -0.05) is 0 Å². The van der Waals surface area contributed by atoms with Gasteiger partial charge >= 0.3 is 17.1 Å². The van der Waals surface area contributed by atoms with Crippen molar-refractivity contribution < 1.29 is 74.8 Å². The molecule has 0 aliphatic carbocycles. The topological polar surface area (TPSA) is 282 Å². The van der Waals surface area contributed by atoms with Crippen molar-refractivity contribution in [1.82, 2.24) is 49.1 Å². The fourth-order valence-corrected chi connectivity index (χ4v) is 3.35. The molecule has 0 fully saturated rings. The largest absolute Gasteiger partial charge is 2.00 e. The van der Waals surface area contributed by atoms with Crippen LogP contribution in [0.4, 0.5) is 0 Å². The Balaban J connectivity index is 0.000000239. The van der Waals surface area contributed by atoms with E-state index in [1.807, 2.05) is 87.2 Å². The average molecular weight is 705 g/mol. The van der Waals surface area contributed by atoms with E-state index in [1.54, 1.807) is 43.5 Å². The molecule has 0 unspecified atom stereocenters. The summed E-state index contributed by atoms with van der Waals surface area (Å²) in [6, 6.07) is 15.4. The minimum atomic E-state index is -4.94. The number of aromatic nitrogens is 10. The summed E-state index contributed by atoms with van der Waals surface area (Å²) in [5, 5.41) is 16.7. The van der Waals surface area contributed by atoms with Gasteiger partial charge in [0.25, 0.3) is 0 Å². The Bertz CT molecular complexity index is 1440. The summed E-state index contributed by atoms with van der Waals surface area (Å²) in [5.41, 5.74) is 2.24. The van der Waals surface area contributed by atoms with E-state index in [0.717, 1.165) is 34.4 Å². The van der Waals surface area contributed by atoms with Gasteiger partial charge in [0.1, 0.15) is 0 Å². The second-order valence-electron chi connectivity index (χ2n) is 8.28. The van der Waals surface area contributed by atoms with Gasteiger partial charge in [-0.15, -0.1) is 20.5 Å². The minimum Gasteiger partial charge on any atom is -0.223 e. The van der Waals surface area contributed by atoms with Crippen LogP contribution in [-0.4, -0.2) is 49.1 Å². The normalized spacial score (nSPS) is 10.7. The van der Waals surface area contributed by atoms with E-state index in [4.69, 9.17) is 37.3 Å². The molecule has 0 amide bonds. The first kappa shape index (κ1) is 37.1. The molecule has 0 saturated carbocycles. The van der Waals surface area contributed by atoms with Crippen LogP contribution in [0.25, 0.3) is 23.3 Å². The third-order valence-corrected chi connectivity index (χ3v) is 4.84. The maximum absolute atomic E-state index is 8.49. The van der Waals surface area contributed by atoms with Gasteiger partial charge in [-0.2, -0.15) is 20.4 Å². The first-order chi connectivity index (χ1) is 20.7. The second-order valence-corrected chi connectivity index (χ2v) is 9.79. The third kappa shape index (κ3) is 14.0. The van der Waals surface area contributed by atoms with Crippen LogP contribution in [0.1, 0.15) is 11.1 Å². The van der Waals surface area contributed by atoms with Crippen LogP contribution in [-0.2, 0) is 17.1 Å². The smallest absolute Gasteiger partial charge is 0.223 e. The number of hydrogen-bond donors (Lipinski definition) is 0. The van der Waals surface area contributed by atoms with Gasteiger partial charge in [0, 0.05) is 49.6 Å². The van der Waals surface area contributed by atoms with Gasteiger partial charge in [-0.3, -0.25) is 0 Å². The Morgan fingerprint density at radius 1 is 0.444 bits per heavy atom. The standard InChI is InChI=1S/2C12H11N5.2ClHO4.Fe/c2*1-10-8-11(16-6-2-4-13-16)15-12(9-10)17-7-3-5-14-17;2*2-1(3,4)5;/h2*2-9H,1H3;2*(H,2,3,4,5);/q;;;;+2/p-2. The molecule has 0 aliphatic rings. The second kappa shape index (κ2) is 16.8. The quantitative estimate of drug-likeness (QED) is 0.154. The number of halogens is 2. The average Bonchev–Trinajstić information content (AvgIpc) is 3.76. The first-order valence-electron chi connectivity index (χ1n) is 11.9. The van der Waals surface area contributed by atoms with Gasteiger partial charge in [-0.25, -0.2) is 66.0 Å². The maximum Gasteiger partial charge on any atom is 2.00 e. The van der Waals surface area contributed by atoms with E-state index < -0.39 is 20.5 Å². The van der Waals surface area contributed by atoms with E-state index in [1.165, 1.54) is 0 Å². The Hall–Kier alpha value is -4.08. The molecule has 0 N–H and O–H groups in total. The first-order valence-corrected chi connectivity index (χ1v) is 14.3. The zero-order valence-corrected chi connectivity index (χ0v) is 25.7. The molecule has 6 aromatic rings. The fourth-order valence-electron chi connectivity index (χ4n) is 3.35. The fraction of sp³-hybridized carbons (Fsp3) is 0.0833. The van der Waals surface area contributed by atoms with Crippen molar-refractivity contribution in [3.05, 3.63) is 109 Å². The number of aryl methyl sites for hydroxylation is 2. The molecule has 0 aliphatic heterocycles. The zero-order valence-electron chi connectivity index (χ0n) is 23.1. The molecule has 0 atom stereocenters. The Morgan fingerprint density at radius 2 is 0.644 bits per heavy atom. The molecule has 45 heavy (non-hydrogen) atoms. The van der Waals surface area contributed by atoms with Gasteiger partial charge in [0.2, 0.25) is 0 Å². The molecule has 0 saturated heterocycles. The third-order valence-electron chi connectivity index (χ3n) is 4.84. The molecule has 238 valence electrons. The predicted octanol–water partition coefficient (Wildman–Crippen LogP) is -5.99. The van der Waals surface area contributed by atoms with Crippen molar-refractivity contribution in [2.75, 3.05) is 0 Å². The molecule has 0 aromatic carbocycles. The molecule has 6 aromatic heterocycles. The number of rotatable bonds is 4. The van der Waals surface area contributed by atoms with Gasteiger partial charge in [-0.05, 0) is 73.5 Å². The maximum atomic E-state index is 8.49. The van der Waals surface area contributed by atoms with Crippen molar-refractivity contribution in [3.8, 4) is 23.3 Å². The van der Waals surface area contributed by atoms with Crippen LogP contribution in [0.5, 0.6) is 0 Å². The molecule has 6 heterocycles. The van der Waals surface area contributed by atoms with Crippen LogP contribution >= 0.6 is 0 Å². The Labute approximate surface area is 269 Å². The number of nitrogens with zero attached hydrogens (tertiary/aromatic N) is 10. The van der Waals surface area contributed by atoms with E-state index in [-0.39, 0.29) is 17.1 Å². The molecule has 0 bridgehead atoms. The summed E-state index contributed by atoms with van der Waals surface area (Å²) in [6.45, 7) is 4.06. The van der Waals surface area contributed by atoms with Crippen molar-refractivity contribution in [2.24, 2.45) is 0 Å². The Kier molecular flexibility index (Phi) is 13.9. The molecule has 21 heteroatoms. The van der Waals surface area contributed by atoms with Gasteiger partial charge < -0.3 is 0 Å². The van der Waals surface area contributed by atoms with Crippen molar-refractivity contribution in [2.45, 2.75) is 13.8 Å². The zero-order chi connectivity index (χ0) is 32.3.